The monoisotopic (exact) mass is 721 g/mol. The number of nitrogens with zero attached hydrogens (tertiary/aromatic N) is 3. The number of halogens is 2. The van der Waals surface area contributed by atoms with Crippen LogP contribution in [0.1, 0.15) is 57.6 Å². The molecule has 0 heterocycles. The normalized spacial score (nSPS) is 16.2. The maximum atomic E-state index is 14.3. The number of nitrogens with one attached hydrogen (secondary N) is 2. The summed E-state index contributed by atoms with van der Waals surface area (Å²) in [6.45, 7) is 12.7. The number of benzene rings is 2. The summed E-state index contributed by atoms with van der Waals surface area (Å²) in [6, 6.07) is 11.4. The first-order chi connectivity index (χ1) is 23.7. The van der Waals surface area contributed by atoms with Crippen molar-refractivity contribution < 1.29 is 28.6 Å². The van der Waals surface area contributed by atoms with Gasteiger partial charge >= 0.3 is 6.09 Å². The maximum Gasteiger partial charge on any atom is 0.411 e. The molecule has 2 aromatic rings. The van der Waals surface area contributed by atoms with Crippen LogP contribution in [0.3, 0.4) is 0 Å². The van der Waals surface area contributed by atoms with Crippen molar-refractivity contribution in [3.05, 3.63) is 82.9 Å². The second-order valence-electron chi connectivity index (χ2n) is 13.4. The Morgan fingerprint density at radius 2 is 1.24 bits per heavy atom. The van der Waals surface area contributed by atoms with Crippen LogP contribution < -0.4 is 20.1 Å². The largest absolute Gasteiger partial charge is 0.488 e. The van der Waals surface area contributed by atoms with E-state index in [-0.39, 0.29) is 36.1 Å². The zero-order valence-electron chi connectivity index (χ0n) is 28.4. The molecule has 2 aromatic carbocycles. The van der Waals surface area contributed by atoms with Crippen LogP contribution in [-0.4, -0.2) is 64.8 Å². The van der Waals surface area contributed by atoms with E-state index in [2.05, 4.69) is 35.9 Å². The lowest BCUT2D eigenvalue weighted by Crippen LogP contribution is -2.62. The molecule has 0 bridgehead atoms. The lowest BCUT2D eigenvalue weighted by atomic mass is 9.97. The van der Waals surface area contributed by atoms with Crippen molar-refractivity contribution in [1.82, 2.24) is 15.5 Å². The summed E-state index contributed by atoms with van der Waals surface area (Å²) >= 11 is 13.1. The van der Waals surface area contributed by atoms with Gasteiger partial charge < -0.3 is 24.8 Å². The first-order valence-corrected chi connectivity index (χ1v) is 17.0. The third kappa shape index (κ3) is 9.93. The molecule has 2 atom stereocenters. The van der Waals surface area contributed by atoms with Gasteiger partial charge in [0.05, 0.1) is 22.2 Å². The predicted octanol–water partition coefficient (Wildman–Crippen LogP) is 6.23. The molecule has 0 saturated heterocycles. The van der Waals surface area contributed by atoms with Gasteiger partial charge in [-0.3, -0.25) is 14.5 Å². The molecule has 3 amide bonds. The summed E-state index contributed by atoms with van der Waals surface area (Å²) in [6.07, 6.45) is 3.70. The standard InChI is InChI=1S/C37H41Cl2N5O6/c1-6-16-48-30-10-8-24(18-26(30)38)20-28(32(45)42-36(22-40)12-13-36)44(34(47)50-35(3,4)5)29(33(46)43-37(23-41)14-15-37)21-25-9-11-31(27(39)19-25)49-17-7-2/h6-11,18-19,28-29H,1-2,12-17,20-21H2,3-5H3,(H,42,45)(H,43,46). The van der Waals surface area contributed by atoms with Crippen LogP contribution in [0.15, 0.2) is 61.7 Å². The van der Waals surface area contributed by atoms with Crippen molar-refractivity contribution >= 4 is 41.1 Å². The van der Waals surface area contributed by atoms with Gasteiger partial charge in [0.1, 0.15) is 53.5 Å². The molecule has 2 fully saturated rings. The molecule has 2 saturated carbocycles. The Bertz CT molecular complexity index is 1610. The highest BCUT2D eigenvalue weighted by molar-refractivity contribution is 6.32. The van der Waals surface area contributed by atoms with Gasteiger partial charge in [-0.1, -0.05) is 60.6 Å². The predicted molar refractivity (Wildman–Crippen MR) is 189 cm³/mol. The smallest absolute Gasteiger partial charge is 0.411 e. The Kier molecular flexibility index (Phi) is 12.1. The number of nitriles is 2. The Labute approximate surface area is 302 Å². The van der Waals surface area contributed by atoms with E-state index >= 15 is 0 Å². The fraction of sp³-hybridized carbons (Fsp3) is 0.432. The highest BCUT2D eigenvalue weighted by atomic mass is 35.5. The zero-order valence-corrected chi connectivity index (χ0v) is 29.9. The molecule has 11 nitrogen and oxygen atoms in total. The zero-order chi connectivity index (χ0) is 36.7. The molecular formula is C37H41Cl2N5O6. The van der Waals surface area contributed by atoms with Crippen molar-refractivity contribution in [2.24, 2.45) is 0 Å². The van der Waals surface area contributed by atoms with Crippen molar-refractivity contribution in [1.29, 1.82) is 10.5 Å². The first kappa shape index (κ1) is 38.1. The van der Waals surface area contributed by atoms with E-state index in [1.165, 1.54) is 0 Å². The lowest BCUT2D eigenvalue weighted by molar-refractivity contribution is -0.133. The molecule has 0 spiro atoms. The molecule has 2 aliphatic carbocycles. The molecule has 4 rings (SSSR count). The minimum atomic E-state index is -1.37. The highest BCUT2D eigenvalue weighted by Gasteiger charge is 2.50. The number of amides is 3. The second kappa shape index (κ2) is 15.9. The van der Waals surface area contributed by atoms with E-state index in [0.717, 1.165) is 4.90 Å². The minimum Gasteiger partial charge on any atom is -0.488 e. The molecular weight excluding hydrogens is 681 g/mol. The summed E-state index contributed by atoms with van der Waals surface area (Å²) in [7, 11) is 0. The molecule has 0 radical (unpaired) electrons. The van der Waals surface area contributed by atoms with Crippen LogP contribution in [0.4, 0.5) is 4.79 Å². The van der Waals surface area contributed by atoms with Crippen molar-refractivity contribution in [2.75, 3.05) is 13.2 Å². The van der Waals surface area contributed by atoms with Gasteiger partial charge in [0.2, 0.25) is 11.8 Å². The molecule has 0 aliphatic heterocycles. The number of carbonyl (C=O) groups is 3. The molecule has 2 aliphatic rings. The molecule has 0 aromatic heterocycles. The summed E-state index contributed by atoms with van der Waals surface area (Å²) < 4.78 is 17.1. The SMILES string of the molecule is C=CCOc1ccc(CC(C(=O)NC2(C#N)CC2)N(C(=O)OC(C)(C)C)C(Cc2ccc(OCC=C)c(Cl)c2)C(=O)NC2(C#N)CC2)cc1Cl. The molecule has 2 unspecified atom stereocenters. The minimum absolute atomic E-state index is 0.115. The molecule has 50 heavy (non-hydrogen) atoms. The first-order valence-electron chi connectivity index (χ1n) is 16.2. The average Bonchev–Trinajstić information content (AvgIpc) is 4.00. The number of carbonyl (C=O) groups excluding carboxylic acids is 3. The van der Waals surface area contributed by atoms with Crippen molar-refractivity contribution in [2.45, 2.75) is 88.1 Å². The third-order valence-corrected chi connectivity index (χ3v) is 8.69. The summed E-state index contributed by atoms with van der Waals surface area (Å²) in [4.78, 5) is 44.0. The van der Waals surface area contributed by atoms with E-state index in [4.69, 9.17) is 37.4 Å². The molecule has 264 valence electrons. The van der Waals surface area contributed by atoms with Crippen LogP contribution in [0, 0.1) is 22.7 Å². The third-order valence-electron chi connectivity index (χ3n) is 8.10. The Morgan fingerprint density at radius 1 is 0.840 bits per heavy atom. The lowest BCUT2D eigenvalue weighted by Gasteiger charge is -2.38. The van der Waals surface area contributed by atoms with Crippen molar-refractivity contribution in [3.8, 4) is 23.6 Å². The average molecular weight is 723 g/mol. The number of hydrogen-bond acceptors (Lipinski definition) is 8. The summed E-state index contributed by atoms with van der Waals surface area (Å²) in [5, 5.41) is 25.8. The summed E-state index contributed by atoms with van der Waals surface area (Å²) in [5.41, 5.74) is -2.13. The molecule has 2 N–H and O–H groups in total. The Hall–Kier alpha value is -4.71. The number of rotatable bonds is 16. The quantitative estimate of drug-likeness (QED) is 0.194. The topological polar surface area (TPSA) is 154 Å². The Morgan fingerprint density at radius 3 is 1.54 bits per heavy atom. The fourth-order valence-electron chi connectivity index (χ4n) is 5.16. The van der Waals surface area contributed by atoms with Crippen LogP contribution in [0.25, 0.3) is 0 Å². The number of ether oxygens (including phenoxy) is 3. The van der Waals surface area contributed by atoms with Gasteiger partial charge in [0.25, 0.3) is 0 Å². The van der Waals surface area contributed by atoms with Crippen LogP contribution in [0.2, 0.25) is 10.0 Å². The maximum absolute atomic E-state index is 14.3. The van der Waals surface area contributed by atoms with E-state index in [1.807, 2.05) is 0 Å². The van der Waals surface area contributed by atoms with Crippen molar-refractivity contribution in [3.63, 3.8) is 0 Å². The van der Waals surface area contributed by atoms with Gasteiger partial charge in [-0.2, -0.15) is 10.5 Å². The summed E-state index contributed by atoms with van der Waals surface area (Å²) in [5.74, 6) is -0.544. The van der Waals surface area contributed by atoms with Gasteiger partial charge in [0.15, 0.2) is 0 Å². The van der Waals surface area contributed by atoms with E-state index in [1.54, 1.807) is 69.3 Å². The van der Waals surface area contributed by atoms with Crippen LogP contribution in [-0.2, 0) is 27.2 Å². The fourth-order valence-corrected chi connectivity index (χ4v) is 5.67. The van der Waals surface area contributed by atoms with E-state index in [0.29, 0.717) is 48.3 Å². The Balaban J connectivity index is 1.84. The number of hydrogen-bond donors (Lipinski definition) is 2. The van der Waals surface area contributed by atoms with E-state index < -0.39 is 46.7 Å². The second-order valence-corrected chi connectivity index (χ2v) is 14.2. The van der Waals surface area contributed by atoms with Crippen LogP contribution in [0.5, 0.6) is 11.5 Å². The van der Waals surface area contributed by atoms with Gasteiger partial charge in [-0.25, -0.2) is 4.79 Å². The van der Waals surface area contributed by atoms with Gasteiger partial charge in [0, 0.05) is 12.8 Å². The molecule has 13 heteroatoms. The van der Waals surface area contributed by atoms with Gasteiger partial charge in [-0.05, 0) is 81.8 Å². The highest BCUT2D eigenvalue weighted by Crippen LogP contribution is 2.37. The van der Waals surface area contributed by atoms with Gasteiger partial charge in [-0.15, -0.1) is 0 Å². The van der Waals surface area contributed by atoms with Crippen LogP contribution >= 0.6 is 23.2 Å². The van der Waals surface area contributed by atoms with E-state index in [9.17, 15) is 24.9 Å².